The van der Waals surface area contributed by atoms with Gasteiger partial charge in [-0.25, -0.2) is 0 Å². The van der Waals surface area contributed by atoms with Gasteiger partial charge in [0, 0.05) is 30.0 Å². The molecule has 5 nitrogen and oxygen atoms in total. The fraction of sp³-hybridized carbons (Fsp3) is 0.640. The second-order valence-electron chi connectivity index (χ2n) is 9.41. The maximum absolute atomic E-state index is 12.0. The Hall–Kier alpha value is -2.19. The summed E-state index contributed by atoms with van der Waals surface area (Å²) in [5.41, 5.74) is 0.968. The highest BCUT2D eigenvalue weighted by molar-refractivity contribution is 5.70. The third kappa shape index (κ3) is 5.92. The quantitative estimate of drug-likeness (QED) is 0.361. The Kier molecular flexibility index (Phi) is 7.31. The van der Waals surface area contributed by atoms with Gasteiger partial charge in [0.25, 0.3) is 0 Å². The third-order valence-electron chi connectivity index (χ3n) is 5.88. The summed E-state index contributed by atoms with van der Waals surface area (Å²) in [5, 5.41) is 0. The Labute approximate surface area is 181 Å². The van der Waals surface area contributed by atoms with Gasteiger partial charge in [-0.1, -0.05) is 6.07 Å². The van der Waals surface area contributed by atoms with Crippen LogP contribution in [0.4, 0.5) is 0 Å². The molecule has 0 saturated carbocycles. The number of unbranched alkanes of at least 4 members (excludes halogenated alkanes) is 2. The number of ether oxygens (including phenoxy) is 3. The molecule has 0 atom stereocenters. The molecule has 0 aromatic heterocycles. The molecule has 3 rings (SSSR count). The SMILES string of the molecule is C#CCCCCOc1ccc2c(c1)OCC21CCN(CCC(=O)OC(C)(C)C)CC1. The number of benzene rings is 1. The van der Waals surface area contributed by atoms with Gasteiger partial charge in [-0.05, 0) is 65.6 Å². The maximum atomic E-state index is 12.0. The monoisotopic (exact) mass is 413 g/mol. The number of nitrogens with zero attached hydrogens (tertiary/aromatic N) is 1. The largest absolute Gasteiger partial charge is 0.493 e. The summed E-state index contributed by atoms with van der Waals surface area (Å²) in [6.07, 6.45) is 10.6. The highest BCUT2D eigenvalue weighted by Gasteiger charge is 2.43. The van der Waals surface area contributed by atoms with Crippen LogP contribution in [0.1, 0.15) is 64.9 Å². The summed E-state index contributed by atoms with van der Waals surface area (Å²) in [5.74, 6) is 4.35. The van der Waals surface area contributed by atoms with Crippen LogP contribution in [-0.2, 0) is 14.9 Å². The maximum Gasteiger partial charge on any atom is 0.307 e. The molecular weight excluding hydrogens is 378 g/mol. The molecule has 30 heavy (non-hydrogen) atoms. The minimum atomic E-state index is -0.418. The van der Waals surface area contributed by atoms with E-state index in [1.54, 1.807) is 0 Å². The number of likely N-dealkylation sites (tertiary alicyclic amines) is 1. The van der Waals surface area contributed by atoms with Crippen LogP contribution in [0.3, 0.4) is 0 Å². The van der Waals surface area contributed by atoms with Gasteiger partial charge in [0.05, 0.1) is 19.6 Å². The Morgan fingerprint density at radius 1 is 1.27 bits per heavy atom. The van der Waals surface area contributed by atoms with Crippen molar-refractivity contribution in [2.45, 2.75) is 70.3 Å². The molecule has 0 unspecified atom stereocenters. The van der Waals surface area contributed by atoms with Crippen LogP contribution < -0.4 is 9.47 Å². The predicted molar refractivity (Wildman–Crippen MR) is 118 cm³/mol. The summed E-state index contributed by atoms with van der Waals surface area (Å²) >= 11 is 0. The van der Waals surface area contributed by atoms with Crippen LogP contribution in [-0.4, -0.2) is 49.3 Å². The number of esters is 1. The number of hydrogen-bond donors (Lipinski definition) is 0. The number of piperidine rings is 1. The van der Waals surface area contributed by atoms with Gasteiger partial charge in [-0.3, -0.25) is 4.79 Å². The van der Waals surface area contributed by atoms with Crippen molar-refractivity contribution in [1.29, 1.82) is 0 Å². The Bertz CT molecular complexity index is 766. The van der Waals surface area contributed by atoms with Gasteiger partial charge in [0.1, 0.15) is 17.1 Å². The molecule has 0 amide bonds. The van der Waals surface area contributed by atoms with E-state index in [0.29, 0.717) is 13.0 Å². The van der Waals surface area contributed by atoms with Crippen molar-refractivity contribution in [3.63, 3.8) is 0 Å². The first-order chi connectivity index (χ1) is 14.3. The second kappa shape index (κ2) is 9.75. The van der Waals surface area contributed by atoms with Crippen molar-refractivity contribution in [1.82, 2.24) is 4.90 Å². The van der Waals surface area contributed by atoms with E-state index in [4.69, 9.17) is 20.6 Å². The average molecular weight is 414 g/mol. The first-order valence-corrected chi connectivity index (χ1v) is 11.1. The van der Waals surface area contributed by atoms with E-state index in [0.717, 1.165) is 69.8 Å². The van der Waals surface area contributed by atoms with E-state index < -0.39 is 5.60 Å². The standard InChI is InChI=1S/C25H35NO4/c1-5-6-7-8-17-28-20-9-10-21-22(18-20)29-19-25(21)12-15-26(16-13-25)14-11-23(27)30-24(2,3)4/h1,9-10,18H,6-8,11-17,19H2,2-4H3. The van der Waals surface area contributed by atoms with Gasteiger partial charge in [-0.15, -0.1) is 12.3 Å². The van der Waals surface area contributed by atoms with Gasteiger partial charge in [0.2, 0.25) is 0 Å². The molecule has 0 aliphatic carbocycles. The van der Waals surface area contributed by atoms with Crippen molar-refractivity contribution in [3.05, 3.63) is 23.8 Å². The lowest BCUT2D eigenvalue weighted by Gasteiger charge is -2.38. The molecule has 1 aromatic rings. The van der Waals surface area contributed by atoms with E-state index in [1.807, 2.05) is 26.8 Å². The van der Waals surface area contributed by atoms with Gasteiger partial charge < -0.3 is 19.1 Å². The summed E-state index contributed by atoms with van der Waals surface area (Å²) in [6, 6.07) is 6.26. The number of hydrogen-bond acceptors (Lipinski definition) is 5. The summed E-state index contributed by atoms with van der Waals surface area (Å²) < 4.78 is 17.3. The zero-order valence-corrected chi connectivity index (χ0v) is 18.7. The summed E-state index contributed by atoms with van der Waals surface area (Å²) in [6.45, 7) is 9.82. The van der Waals surface area contributed by atoms with Gasteiger partial charge in [-0.2, -0.15) is 0 Å². The molecule has 2 aliphatic rings. The van der Waals surface area contributed by atoms with E-state index in [2.05, 4.69) is 23.0 Å². The normalized spacial score (nSPS) is 17.8. The van der Waals surface area contributed by atoms with Crippen LogP contribution >= 0.6 is 0 Å². The van der Waals surface area contributed by atoms with E-state index >= 15 is 0 Å². The molecule has 5 heteroatoms. The molecule has 0 N–H and O–H groups in total. The fourth-order valence-electron chi connectivity index (χ4n) is 4.22. The topological polar surface area (TPSA) is 48.0 Å². The highest BCUT2D eigenvalue weighted by Crippen LogP contribution is 2.46. The lowest BCUT2D eigenvalue weighted by Crippen LogP contribution is -2.44. The summed E-state index contributed by atoms with van der Waals surface area (Å²) in [7, 11) is 0. The van der Waals surface area contributed by atoms with Crippen molar-refractivity contribution in [2.24, 2.45) is 0 Å². The first-order valence-electron chi connectivity index (χ1n) is 11.1. The number of terminal acetylenes is 1. The minimum Gasteiger partial charge on any atom is -0.493 e. The zero-order chi connectivity index (χ0) is 21.6. The highest BCUT2D eigenvalue weighted by atomic mass is 16.6. The van der Waals surface area contributed by atoms with Crippen molar-refractivity contribution in [2.75, 3.05) is 32.8 Å². The number of rotatable bonds is 8. The molecule has 1 spiro atoms. The zero-order valence-electron chi connectivity index (χ0n) is 18.7. The van der Waals surface area contributed by atoms with Crippen LogP contribution in [0.2, 0.25) is 0 Å². The molecule has 2 aliphatic heterocycles. The number of carbonyl (C=O) groups excluding carboxylic acids is 1. The molecule has 0 bridgehead atoms. The lowest BCUT2D eigenvalue weighted by molar-refractivity contribution is -0.155. The molecule has 2 heterocycles. The van der Waals surface area contributed by atoms with E-state index in [9.17, 15) is 4.79 Å². The Morgan fingerprint density at radius 2 is 2.03 bits per heavy atom. The molecule has 1 fully saturated rings. The second-order valence-corrected chi connectivity index (χ2v) is 9.41. The third-order valence-corrected chi connectivity index (χ3v) is 5.88. The van der Waals surface area contributed by atoms with Crippen LogP contribution in [0, 0.1) is 12.3 Å². The van der Waals surface area contributed by atoms with Gasteiger partial charge in [0.15, 0.2) is 0 Å². The fourth-order valence-corrected chi connectivity index (χ4v) is 4.22. The van der Waals surface area contributed by atoms with Crippen LogP contribution in [0.25, 0.3) is 0 Å². The first kappa shape index (κ1) is 22.5. The van der Waals surface area contributed by atoms with E-state index in [1.165, 1.54) is 5.56 Å². The van der Waals surface area contributed by atoms with Crippen LogP contribution in [0.15, 0.2) is 18.2 Å². The molecule has 1 aromatic carbocycles. The Morgan fingerprint density at radius 3 is 2.73 bits per heavy atom. The van der Waals surface area contributed by atoms with E-state index in [-0.39, 0.29) is 11.4 Å². The van der Waals surface area contributed by atoms with Crippen molar-refractivity contribution in [3.8, 4) is 23.8 Å². The predicted octanol–water partition coefficient (Wildman–Crippen LogP) is 4.33. The lowest BCUT2D eigenvalue weighted by atomic mass is 9.74. The summed E-state index contributed by atoms with van der Waals surface area (Å²) in [4.78, 5) is 14.3. The molecule has 164 valence electrons. The Balaban J connectivity index is 1.48. The van der Waals surface area contributed by atoms with Crippen LogP contribution in [0.5, 0.6) is 11.5 Å². The molecule has 0 radical (unpaired) electrons. The van der Waals surface area contributed by atoms with Crippen molar-refractivity contribution >= 4 is 5.97 Å². The molecule has 1 saturated heterocycles. The number of carbonyl (C=O) groups is 1. The number of fused-ring (bicyclic) bond motifs is 2. The average Bonchev–Trinajstić information content (AvgIpc) is 3.04. The minimum absolute atomic E-state index is 0.0864. The smallest absolute Gasteiger partial charge is 0.307 e. The van der Waals surface area contributed by atoms with Crippen molar-refractivity contribution < 1.29 is 19.0 Å². The van der Waals surface area contributed by atoms with Gasteiger partial charge >= 0.3 is 5.97 Å². The molecular formula is C25H35NO4.